The number of aliphatic hydroxyl groups is 1. The molecule has 0 aliphatic carbocycles. The molecule has 4 amide bonds. The lowest BCUT2D eigenvalue weighted by atomic mass is 10.1. The maximum absolute atomic E-state index is 12.8. The van der Waals surface area contributed by atoms with Gasteiger partial charge in [0.25, 0.3) is 20.0 Å². The lowest BCUT2D eigenvalue weighted by Crippen LogP contribution is -2.28. The van der Waals surface area contributed by atoms with Crippen LogP contribution in [0.1, 0.15) is 27.8 Å². The number of aryl methyl sites for hydroxylation is 1. The van der Waals surface area contributed by atoms with Gasteiger partial charge in [-0.15, -0.1) is 0 Å². The second-order valence-corrected chi connectivity index (χ2v) is 16.9. The molecule has 0 radical (unpaired) electrons. The number of anilines is 4. The Hall–Kier alpha value is -6.53. The molecule has 0 atom stereocenters. The van der Waals surface area contributed by atoms with E-state index in [9.17, 15) is 26.4 Å². The Morgan fingerprint density at radius 3 is 1.60 bits per heavy atom. The van der Waals surface area contributed by atoms with E-state index in [0.717, 1.165) is 22.3 Å². The van der Waals surface area contributed by atoms with Crippen LogP contribution in [0.25, 0.3) is 0 Å². The molecule has 312 valence electrons. The minimum atomic E-state index is -3.81. The van der Waals surface area contributed by atoms with Gasteiger partial charge >= 0.3 is 12.1 Å². The smallest absolute Gasteiger partial charge is 0.319 e. The van der Waals surface area contributed by atoms with Crippen LogP contribution in [-0.2, 0) is 39.6 Å². The molecule has 2 heterocycles. The number of pyridine rings is 2. The summed E-state index contributed by atoms with van der Waals surface area (Å²) in [6, 6.07) is 28.5. The molecule has 6 aromatic rings. The molecule has 0 spiro atoms. The fraction of sp³-hybridized carbons (Fsp3) is 0.143. The first kappa shape index (κ1) is 44.6. The average Bonchev–Trinajstić information content (AvgIpc) is 3.24. The third-order valence-corrected chi connectivity index (χ3v) is 11.8. The third-order valence-electron chi connectivity index (χ3n) is 8.62. The van der Waals surface area contributed by atoms with E-state index < -0.39 is 32.1 Å². The maximum Gasteiger partial charge on any atom is 0.319 e. The predicted octanol–water partition coefficient (Wildman–Crippen LogP) is 7.21. The van der Waals surface area contributed by atoms with Gasteiger partial charge in [-0.05, 0) is 127 Å². The fourth-order valence-electron chi connectivity index (χ4n) is 5.46. The standard InChI is InChI=1S/C21H21ClN4O3S.C21H22N4O4S/c1-14-5-10-19(22)15(2)20(14)26-30(28,29)18-8-6-17(7-9-18)25-21(27)24-13-16-4-3-11-23-12-16;26-12-10-16-3-1-5-19(13-16)25-30(28,29)20-8-6-18(7-9-20)24-21(27)23-15-17-4-2-11-22-14-17/h3-12,26H,13H2,1-2H3,(H2,24,25,27);1-9,11,13-14,25-26H,10,12,15H2,(H2,23,24,27). The van der Waals surface area contributed by atoms with Crippen LogP contribution in [0.15, 0.2) is 144 Å². The normalized spacial score (nSPS) is 11.0. The Balaban J connectivity index is 0.000000228. The average molecular weight is 871 g/mol. The molecule has 0 saturated heterocycles. The van der Waals surface area contributed by atoms with Gasteiger partial charge in [0.15, 0.2) is 0 Å². The fourth-order valence-corrected chi connectivity index (χ4v) is 7.86. The minimum Gasteiger partial charge on any atom is -0.396 e. The Labute approximate surface area is 353 Å². The molecule has 7 N–H and O–H groups in total. The number of aromatic nitrogens is 2. The quantitative estimate of drug-likeness (QED) is 0.0587. The van der Waals surface area contributed by atoms with Gasteiger partial charge in [0, 0.05) is 66.6 Å². The van der Waals surface area contributed by atoms with Crippen molar-refractivity contribution in [3.8, 4) is 0 Å². The highest BCUT2D eigenvalue weighted by molar-refractivity contribution is 7.93. The van der Waals surface area contributed by atoms with Gasteiger partial charge < -0.3 is 26.4 Å². The van der Waals surface area contributed by atoms with Crippen molar-refractivity contribution in [2.45, 2.75) is 43.1 Å². The lowest BCUT2D eigenvalue weighted by molar-refractivity contribution is 0.251. The van der Waals surface area contributed by atoms with Crippen LogP contribution in [0.3, 0.4) is 0 Å². The first-order valence-corrected chi connectivity index (χ1v) is 21.7. The second kappa shape index (κ2) is 20.9. The monoisotopic (exact) mass is 870 g/mol. The molecule has 15 nitrogen and oxygen atoms in total. The molecule has 18 heteroatoms. The molecular formula is C42H43ClN8O7S2. The Morgan fingerprint density at radius 1 is 0.617 bits per heavy atom. The summed E-state index contributed by atoms with van der Waals surface area (Å²) in [5.74, 6) is 0. The summed E-state index contributed by atoms with van der Waals surface area (Å²) >= 11 is 6.11. The molecule has 0 aliphatic rings. The molecule has 4 aromatic carbocycles. The zero-order chi connectivity index (χ0) is 43.1. The van der Waals surface area contributed by atoms with Crippen LogP contribution in [-0.4, -0.2) is 50.6 Å². The highest BCUT2D eigenvalue weighted by Gasteiger charge is 2.18. The largest absolute Gasteiger partial charge is 0.396 e. The second-order valence-electron chi connectivity index (χ2n) is 13.1. The van der Waals surface area contributed by atoms with Crippen LogP contribution >= 0.6 is 11.6 Å². The summed E-state index contributed by atoms with van der Waals surface area (Å²) in [5.41, 5.74) is 5.78. The molecule has 6 rings (SSSR count). The summed E-state index contributed by atoms with van der Waals surface area (Å²) in [6.45, 7) is 4.20. The molecule has 2 aromatic heterocycles. The van der Waals surface area contributed by atoms with Crippen molar-refractivity contribution >= 4 is 66.5 Å². The summed E-state index contributed by atoms with van der Waals surface area (Å²) in [5, 5.41) is 20.2. The van der Waals surface area contributed by atoms with E-state index in [-0.39, 0.29) is 16.4 Å². The van der Waals surface area contributed by atoms with Gasteiger partial charge in [-0.25, -0.2) is 26.4 Å². The number of nitrogens with one attached hydrogen (secondary N) is 6. The first-order valence-electron chi connectivity index (χ1n) is 18.3. The van der Waals surface area contributed by atoms with Gasteiger partial charge in [-0.2, -0.15) is 0 Å². The number of hydrogen-bond acceptors (Lipinski definition) is 9. The van der Waals surface area contributed by atoms with E-state index in [1.807, 2.05) is 18.2 Å². The van der Waals surface area contributed by atoms with Crippen LogP contribution in [0.5, 0.6) is 0 Å². The molecule has 0 aliphatic heterocycles. The van der Waals surface area contributed by atoms with E-state index in [1.54, 1.807) is 81.1 Å². The van der Waals surface area contributed by atoms with Gasteiger partial charge in [0.05, 0.1) is 15.5 Å². The number of benzene rings is 4. The number of urea groups is 2. The molecule has 0 fully saturated rings. The number of carbonyl (C=O) groups excluding carboxylic acids is 2. The first-order chi connectivity index (χ1) is 28.7. The summed E-state index contributed by atoms with van der Waals surface area (Å²) in [4.78, 5) is 32.1. The third kappa shape index (κ3) is 13.3. The number of aliphatic hydroxyl groups excluding tert-OH is 1. The Bertz CT molecular complexity index is 2600. The molecule has 60 heavy (non-hydrogen) atoms. The van der Waals surface area contributed by atoms with Crippen molar-refractivity contribution < 1.29 is 31.5 Å². The maximum atomic E-state index is 12.8. The van der Waals surface area contributed by atoms with E-state index in [0.29, 0.717) is 52.8 Å². The van der Waals surface area contributed by atoms with Crippen molar-refractivity contribution in [3.63, 3.8) is 0 Å². The van der Waals surface area contributed by atoms with Gasteiger partial charge in [-0.1, -0.05) is 41.9 Å². The number of halogens is 1. The van der Waals surface area contributed by atoms with E-state index in [1.165, 1.54) is 48.5 Å². The van der Waals surface area contributed by atoms with Gasteiger partial charge in [0.1, 0.15) is 0 Å². The van der Waals surface area contributed by atoms with E-state index in [4.69, 9.17) is 16.7 Å². The topological polar surface area (TPSA) is 221 Å². The van der Waals surface area contributed by atoms with Gasteiger partial charge in [0.2, 0.25) is 0 Å². The lowest BCUT2D eigenvalue weighted by Gasteiger charge is -2.14. The highest BCUT2D eigenvalue weighted by Crippen LogP contribution is 2.29. The van der Waals surface area contributed by atoms with Crippen molar-refractivity contribution in [2.24, 2.45) is 0 Å². The van der Waals surface area contributed by atoms with Crippen LogP contribution in [0, 0.1) is 13.8 Å². The number of rotatable bonds is 14. The zero-order valence-corrected chi connectivity index (χ0v) is 34.9. The number of hydrogen-bond donors (Lipinski definition) is 7. The summed E-state index contributed by atoms with van der Waals surface area (Å²) in [7, 11) is -7.59. The highest BCUT2D eigenvalue weighted by atomic mass is 35.5. The Kier molecular flexibility index (Phi) is 15.6. The number of nitrogens with zero attached hydrogens (tertiary/aromatic N) is 2. The SMILES string of the molecule is Cc1ccc(Cl)c(C)c1NS(=O)(=O)c1ccc(NC(=O)NCc2cccnc2)cc1.O=C(NCc1cccnc1)Nc1ccc(S(=O)(=O)Nc2cccc(CCO)c2)cc1. The Morgan fingerprint density at radius 2 is 1.12 bits per heavy atom. The van der Waals surface area contributed by atoms with Crippen molar-refractivity contribution in [2.75, 3.05) is 26.7 Å². The molecule has 0 saturated carbocycles. The van der Waals surface area contributed by atoms with E-state index in [2.05, 4.69) is 40.7 Å². The summed E-state index contributed by atoms with van der Waals surface area (Å²) < 4.78 is 55.8. The van der Waals surface area contributed by atoms with Gasteiger partial charge in [-0.3, -0.25) is 19.4 Å². The minimum absolute atomic E-state index is 0.0134. The zero-order valence-electron chi connectivity index (χ0n) is 32.5. The van der Waals surface area contributed by atoms with E-state index >= 15 is 0 Å². The van der Waals surface area contributed by atoms with Crippen LogP contribution in [0.2, 0.25) is 5.02 Å². The number of sulfonamides is 2. The predicted molar refractivity (Wildman–Crippen MR) is 233 cm³/mol. The number of amides is 4. The van der Waals surface area contributed by atoms with Crippen molar-refractivity contribution in [3.05, 3.63) is 167 Å². The molecule has 0 bridgehead atoms. The number of carbonyl (C=O) groups is 2. The van der Waals surface area contributed by atoms with Crippen LogP contribution < -0.4 is 30.7 Å². The summed E-state index contributed by atoms with van der Waals surface area (Å²) in [6.07, 6.45) is 7.07. The van der Waals surface area contributed by atoms with Crippen molar-refractivity contribution in [1.29, 1.82) is 0 Å². The molecule has 0 unspecified atom stereocenters. The molecular weight excluding hydrogens is 828 g/mol. The van der Waals surface area contributed by atoms with Crippen LogP contribution in [0.4, 0.5) is 32.3 Å². The van der Waals surface area contributed by atoms with Crippen molar-refractivity contribution in [1.82, 2.24) is 20.6 Å².